The molecule has 6 nitrogen and oxygen atoms in total. The zero-order valence-electron chi connectivity index (χ0n) is 17.5. The summed E-state index contributed by atoms with van der Waals surface area (Å²) < 4.78 is 5.88. The lowest BCUT2D eigenvalue weighted by Gasteiger charge is -2.35. The second kappa shape index (κ2) is 9.79. The number of piperazine rings is 1. The minimum absolute atomic E-state index is 0.198. The molecule has 1 saturated heterocycles. The number of benzene rings is 2. The van der Waals surface area contributed by atoms with E-state index >= 15 is 0 Å². The van der Waals surface area contributed by atoms with Crippen LogP contribution in [0.15, 0.2) is 60.9 Å². The SMILES string of the molecule is Cc1ccc(Cl)c(Oc2cc(N3CCN(C(=O)CCc4ccccc4)CC3)ncn2)c1. The molecule has 0 radical (unpaired) electrons. The molecule has 2 aromatic carbocycles. The van der Waals surface area contributed by atoms with Crippen LogP contribution in [0.3, 0.4) is 0 Å². The predicted molar refractivity (Wildman–Crippen MR) is 122 cm³/mol. The van der Waals surface area contributed by atoms with Crippen LogP contribution in [0.5, 0.6) is 11.6 Å². The molecule has 1 aromatic heterocycles. The molecular weight excluding hydrogens is 412 g/mol. The maximum absolute atomic E-state index is 12.6. The fourth-order valence-corrected chi connectivity index (χ4v) is 3.76. The standard InChI is InChI=1S/C24H25ClN4O2/c1-18-7-9-20(25)21(15-18)31-23-16-22(26-17-27-23)28-11-13-29(14-12-28)24(30)10-8-19-5-3-2-4-6-19/h2-7,9,15-17H,8,10-14H2,1H3. The third kappa shape index (κ3) is 5.52. The normalized spacial score (nSPS) is 13.9. The lowest BCUT2D eigenvalue weighted by atomic mass is 10.1. The highest BCUT2D eigenvalue weighted by Gasteiger charge is 2.22. The highest BCUT2D eigenvalue weighted by molar-refractivity contribution is 6.32. The molecule has 1 aliphatic heterocycles. The number of carbonyl (C=O) groups excluding carboxylic acids is 1. The zero-order chi connectivity index (χ0) is 21.6. The summed E-state index contributed by atoms with van der Waals surface area (Å²) in [7, 11) is 0. The van der Waals surface area contributed by atoms with Crippen molar-refractivity contribution in [3.05, 3.63) is 77.1 Å². The molecule has 0 atom stereocenters. The summed E-state index contributed by atoms with van der Waals surface area (Å²) in [5, 5.41) is 0.536. The molecule has 7 heteroatoms. The van der Waals surface area contributed by atoms with E-state index in [0.29, 0.717) is 36.2 Å². The fraction of sp³-hybridized carbons (Fsp3) is 0.292. The van der Waals surface area contributed by atoms with Crippen LogP contribution in [0.2, 0.25) is 5.02 Å². The Hall–Kier alpha value is -3.12. The molecule has 0 N–H and O–H groups in total. The van der Waals surface area contributed by atoms with Gasteiger partial charge in [0.2, 0.25) is 11.8 Å². The highest BCUT2D eigenvalue weighted by atomic mass is 35.5. The quantitative estimate of drug-likeness (QED) is 0.569. The number of hydrogen-bond donors (Lipinski definition) is 0. The van der Waals surface area contributed by atoms with Gasteiger partial charge in [-0.15, -0.1) is 0 Å². The number of rotatable bonds is 6. The van der Waals surface area contributed by atoms with E-state index in [-0.39, 0.29) is 5.91 Å². The van der Waals surface area contributed by atoms with E-state index in [1.807, 2.05) is 54.3 Å². The number of nitrogens with zero attached hydrogens (tertiary/aromatic N) is 4. The van der Waals surface area contributed by atoms with Gasteiger partial charge in [-0.25, -0.2) is 9.97 Å². The van der Waals surface area contributed by atoms with Gasteiger partial charge in [0.05, 0.1) is 5.02 Å². The van der Waals surface area contributed by atoms with Crippen molar-refractivity contribution >= 4 is 23.3 Å². The van der Waals surface area contributed by atoms with Crippen LogP contribution in [-0.4, -0.2) is 47.0 Å². The second-order valence-corrected chi connectivity index (χ2v) is 8.01. The monoisotopic (exact) mass is 436 g/mol. The van der Waals surface area contributed by atoms with Crippen molar-refractivity contribution in [2.24, 2.45) is 0 Å². The topological polar surface area (TPSA) is 58.6 Å². The first kappa shape index (κ1) is 21.1. The molecule has 4 rings (SSSR count). The van der Waals surface area contributed by atoms with E-state index < -0.39 is 0 Å². The number of amides is 1. The summed E-state index contributed by atoms with van der Waals surface area (Å²) in [6.45, 7) is 4.78. The molecule has 0 spiro atoms. The van der Waals surface area contributed by atoms with Crippen LogP contribution in [0.1, 0.15) is 17.5 Å². The average Bonchev–Trinajstić information content (AvgIpc) is 2.81. The van der Waals surface area contributed by atoms with Crippen molar-refractivity contribution in [3.63, 3.8) is 0 Å². The summed E-state index contributed by atoms with van der Waals surface area (Å²) >= 11 is 6.23. The third-order valence-electron chi connectivity index (χ3n) is 5.36. The number of halogens is 1. The zero-order valence-corrected chi connectivity index (χ0v) is 18.3. The number of hydrogen-bond acceptors (Lipinski definition) is 5. The van der Waals surface area contributed by atoms with Crippen LogP contribution in [-0.2, 0) is 11.2 Å². The summed E-state index contributed by atoms with van der Waals surface area (Å²) in [6, 6.07) is 17.5. The molecule has 1 aliphatic rings. The molecule has 0 bridgehead atoms. The Morgan fingerprint density at radius 2 is 1.81 bits per heavy atom. The molecule has 0 unspecified atom stereocenters. The molecule has 0 aliphatic carbocycles. The Balaban J connectivity index is 1.33. The minimum Gasteiger partial charge on any atom is -0.437 e. The van der Waals surface area contributed by atoms with Crippen LogP contribution in [0.25, 0.3) is 0 Å². The minimum atomic E-state index is 0.198. The van der Waals surface area contributed by atoms with E-state index in [9.17, 15) is 4.79 Å². The van der Waals surface area contributed by atoms with Gasteiger partial charge in [-0.2, -0.15) is 0 Å². The Labute approximate surface area is 187 Å². The van der Waals surface area contributed by atoms with Crippen molar-refractivity contribution in [3.8, 4) is 11.6 Å². The van der Waals surface area contributed by atoms with E-state index in [1.165, 1.54) is 11.9 Å². The summed E-state index contributed by atoms with van der Waals surface area (Å²) in [6.07, 6.45) is 2.80. The van der Waals surface area contributed by atoms with Gasteiger partial charge in [0.25, 0.3) is 0 Å². The molecule has 160 valence electrons. The Morgan fingerprint density at radius 3 is 2.58 bits per heavy atom. The third-order valence-corrected chi connectivity index (χ3v) is 5.67. The molecule has 1 fully saturated rings. The molecule has 31 heavy (non-hydrogen) atoms. The average molecular weight is 437 g/mol. The summed E-state index contributed by atoms with van der Waals surface area (Å²) in [5.41, 5.74) is 2.25. The number of aryl methyl sites for hydroxylation is 2. The maximum Gasteiger partial charge on any atom is 0.224 e. The van der Waals surface area contributed by atoms with E-state index in [2.05, 4.69) is 27.0 Å². The first-order chi connectivity index (χ1) is 15.1. The molecule has 1 amide bonds. The van der Waals surface area contributed by atoms with Crippen molar-refractivity contribution in [1.82, 2.24) is 14.9 Å². The molecule has 0 saturated carbocycles. The van der Waals surface area contributed by atoms with E-state index in [1.54, 1.807) is 0 Å². The Bertz CT molecular complexity index is 1040. The number of aromatic nitrogens is 2. The van der Waals surface area contributed by atoms with Gasteiger partial charge in [0.15, 0.2) is 0 Å². The highest BCUT2D eigenvalue weighted by Crippen LogP contribution is 2.30. The van der Waals surface area contributed by atoms with Gasteiger partial charge in [-0.05, 0) is 36.6 Å². The van der Waals surface area contributed by atoms with Crippen LogP contribution in [0, 0.1) is 6.92 Å². The maximum atomic E-state index is 12.6. The van der Waals surface area contributed by atoms with Gasteiger partial charge in [-0.3, -0.25) is 4.79 Å². The predicted octanol–water partition coefficient (Wildman–Crippen LogP) is 4.51. The first-order valence-corrected chi connectivity index (χ1v) is 10.8. The van der Waals surface area contributed by atoms with E-state index in [0.717, 1.165) is 30.9 Å². The summed E-state index contributed by atoms with van der Waals surface area (Å²) in [4.78, 5) is 25.3. The number of carbonyl (C=O) groups is 1. The second-order valence-electron chi connectivity index (χ2n) is 7.60. The van der Waals surface area contributed by atoms with Crippen LogP contribution >= 0.6 is 11.6 Å². The lowest BCUT2D eigenvalue weighted by molar-refractivity contribution is -0.131. The van der Waals surface area contributed by atoms with Crippen molar-refractivity contribution in [2.45, 2.75) is 19.8 Å². The van der Waals surface area contributed by atoms with Crippen LogP contribution in [0.4, 0.5) is 5.82 Å². The van der Waals surface area contributed by atoms with Gasteiger partial charge in [0, 0.05) is 38.7 Å². The van der Waals surface area contributed by atoms with Crippen molar-refractivity contribution in [2.75, 3.05) is 31.1 Å². The number of anilines is 1. The summed E-state index contributed by atoms with van der Waals surface area (Å²) in [5.74, 6) is 1.99. The van der Waals surface area contributed by atoms with Crippen molar-refractivity contribution in [1.29, 1.82) is 0 Å². The van der Waals surface area contributed by atoms with Gasteiger partial charge < -0.3 is 14.5 Å². The van der Waals surface area contributed by atoms with Crippen LogP contribution < -0.4 is 9.64 Å². The largest absolute Gasteiger partial charge is 0.437 e. The number of ether oxygens (including phenoxy) is 1. The molecular formula is C24H25ClN4O2. The smallest absolute Gasteiger partial charge is 0.224 e. The molecule has 2 heterocycles. The lowest BCUT2D eigenvalue weighted by Crippen LogP contribution is -2.49. The Morgan fingerprint density at radius 1 is 1.03 bits per heavy atom. The van der Waals surface area contributed by atoms with Gasteiger partial charge in [-0.1, -0.05) is 48.0 Å². The van der Waals surface area contributed by atoms with Gasteiger partial charge in [0.1, 0.15) is 17.9 Å². The fourth-order valence-electron chi connectivity index (χ4n) is 3.60. The molecule has 3 aromatic rings. The Kier molecular flexibility index (Phi) is 6.67. The van der Waals surface area contributed by atoms with Gasteiger partial charge >= 0.3 is 0 Å². The van der Waals surface area contributed by atoms with Crippen molar-refractivity contribution < 1.29 is 9.53 Å². The first-order valence-electron chi connectivity index (χ1n) is 10.4. The van der Waals surface area contributed by atoms with E-state index in [4.69, 9.17) is 16.3 Å².